The molecule has 0 unspecified atom stereocenters. The van der Waals surface area contributed by atoms with Gasteiger partial charge in [0.2, 0.25) is 0 Å². The van der Waals surface area contributed by atoms with E-state index in [0.717, 1.165) is 17.0 Å². The first-order valence-corrected chi connectivity index (χ1v) is 5.75. The van der Waals surface area contributed by atoms with E-state index in [1.54, 1.807) is 24.5 Å². The third kappa shape index (κ3) is 5.68. The molecule has 2 heterocycles. The van der Waals surface area contributed by atoms with E-state index in [1.165, 1.54) is 12.1 Å². The second kappa shape index (κ2) is 11.7. The fraction of sp³-hybridized carbons (Fsp3) is 0.0667. The Balaban J connectivity index is 0. The van der Waals surface area contributed by atoms with Gasteiger partial charge in [0.1, 0.15) is 5.82 Å². The van der Waals surface area contributed by atoms with Crippen LogP contribution in [0.15, 0.2) is 60.9 Å². The van der Waals surface area contributed by atoms with Crippen molar-refractivity contribution in [2.24, 2.45) is 0 Å². The fourth-order valence-electron chi connectivity index (χ4n) is 2.12. The summed E-state index contributed by atoms with van der Waals surface area (Å²) in [4.78, 5) is 8.68. The summed E-state index contributed by atoms with van der Waals surface area (Å²) in [5.41, 5.74) is 2.86. The van der Waals surface area contributed by atoms with Gasteiger partial charge in [0.05, 0.1) is 0 Å². The molecule has 2 nitrogen and oxygen atoms in total. The van der Waals surface area contributed by atoms with Crippen molar-refractivity contribution in [1.82, 2.24) is 9.97 Å². The molecule has 0 radical (unpaired) electrons. The van der Waals surface area contributed by atoms with Crippen molar-refractivity contribution in [2.75, 3.05) is 0 Å². The van der Waals surface area contributed by atoms with Crippen LogP contribution in [-0.2, 0) is 0 Å². The van der Waals surface area contributed by atoms with Crippen LogP contribution in [0.5, 0.6) is 0 Å². The molecule has 0 aliphatic rings. The third-order valence-electron chi connectivity index (χ3n) is 2.95. The summed E-state index contributed by atoms with van der Waals surface area (Å²) in [7, 11) is 0. The summed E-state index contributed by atoms with van der Waals surface area (Å²) in [6, 6.07) is 14.2. The van der Waals surface area contributed by atoms with Crippen LogP contribution in [0.2, 0.25) is 0 Å². The molecule has 0 amide bonds. The quantitative estimate of drug-likeness (QED) is 0.386. The predicted molar refractivity (Wildman–Crippen MR) is 78.4 cm³/mol. The van der Waals surface area contributed by atoms with Crippen molar-refractivity contribution in [3.05, 3.63) is 83.7 Å². The molecule has 106 valence electrons. The summed E-state index contributed by atoms with van der Waals surface area (Å²) in [5, 5.41) is 0. The number of benzene rings is 1. The van der Waals surface area contributed by atoms with Crippen LogP contribution in [0.3, 0.4) is 0 Å². The number of halogens is 3. The van der Waals surface area contributed by atoms with E-state index in [-0.39, 0.29) is 91.8 Å². The first kappa shape index (κ1) is 24.5. The van der Waals surface area contributed by atoms with Gasteiger partial charge < -0.3 is 43.9 Å². The van der Waals surface area contributed by atoms with Crippen molar-refractivity contribution in [3.63, 3.8) is 0 Å². The van der Waals surface area contributed by atoms with Gasteiger partial charge in [0.25, 0.3) is 0 Å². The van der Waals surface area contributed by atoms with E-state index >= 15 is 0 Å². The van der Waals surface area contributed by atoms with Crippen molar-refractivity contribution < 1.29 is 38.4 Å². The topological polar surface area (TPSA) is 28.2 Å². The first-order chi connectivity index (χ1) is 8.84. The van der Waals surface area contributed by atoms with E-state index < -0.39 is 0 Å². The molecule has 0 bridgehead atoms. The van der Waals surface area contributed by atoms with Crippen LogP contribution in [-0.4, -0.2) is 46.1 Å². The molecule has 2 aromatic heterocycles. The van der Waals surface area contributed by atoms with E-state index in [4.69, 9.17) is 0 Å². The molecule has 0 fully saturated rings. The van der Waals surface area contributed by atoms with Crippen LogP contribution in [0, 0.1) is 5.82 Å². The van der Waals surface area contributed by atoms with Gasteiger partial charge in [-0.15, -0.1) is 11.4 Å². The second-order valence-corrected chi connectivity index (χ2v) is 4.11. The average Bonchev–Trinajstić information content (AvgIpc) is 3.06. The van der Waals surface area contributed by atoms with Crippen molar-refractivity contribution >= 4 is 46.1 Å². The smallest absolute Gasteiger partial charge is 1.00 e. The molecule has 3 rings (SSSR count). The van der Waals surface area contributed by atoms with Crippen LogP contribution in [0.4, 0.5) is 4.39 Å². The minimum Gasteiger partial charge on any atom is -1.00 e. The van der Waals surface area contributed by atoms with Gasteiger partial charge in [0.15, 0.2) is 0 Å². The molecule has 7 heteroatoms. The molecule has 22 heavy (non-hydrogen) atoms. The van der Waals surface area contributed by atoms with E-state index in [2.05, 4.69) is 9.97 Å². The largest absolute Gasteiger partial charge is 2.00 e. The van der Waals surface area contributed by atoms with Gasteiger partial charge in [-0.1, -0.05) is 36.4 Å². The van der Waals surface area contributed by atoms with Crippen LogP contribution in [0.25, 0.3) is 0 Å². The van der Waals surface area contributed by atoms with Crippen LogP contribution >= 0.6 is 0 Å². The number of aromatic nitrogens is 2. The third-order valence-corrected chi connectivity index (χ3v) is 2.95. The SMILES string of the molecule is Fc1ccc(C(c2ccc[n-]2)c2ccc[n-]2)cc1.[Br-].[Br-].[Mg+2].[Mg+2]. The predicted octanol–water partition coefficient (Wildman–Crippen LogP) is -3.83. The molecule has 0 N–H and O–H groups in total. The van der Waals surface area contributed by atoms with Crippen molar-refractivity contribution in [2.45, 2.75) is 5.92 Å². The number of hydrogen-bond donors (Lipinski definition) is 0. The van der Waals surface area contributed by atoms with E-state index in [9.17, 15) is 4.39 Å². The Kier molecular flexibility index (Phi) is 13.0. The summed E-state index contributed by atoms with van der Waals surface area (Å²) in [6.45, 7) is 0. The standard InChI is InChI=1S/C15H11FN2.2BrH.2Mg/c16-12-7-5-11(6-8-12)15(13-3-1-9-17-13)14-4-2-10-18-14;;;;/h1-10,15H;2*1H;;/q-2;;;2*+2/p-2. The monoisotopic (exact) mass is 444 g/mol. The maximum atomic E-state index is 13.0. The van der Waals surface area contributed by atoms with Crippen LogP contribution in [0.1, 0.15) is 22.9 Å². The second-order valence-electron chi connectivity index (χ2n) is 4.11. The molecule has 0 saturated heterocycles. The summed E-state index contributed by atoms with van der Waals surface area (Å²) < 4.78 is 13.0. The summed E-state index contributed by atoms with van der Waals surface area (Å²) in [6.07, 6.45) is 3.52. The number of hydrogen-bond acceptors (Lipinski definition) is 0. The summed E-state index contributed by atoms with van der Waals surface area (Å²) in [5.74, 6) is -0.265. The first-order valence-electron chi connectivity index (χ1n) is 5.75. The Morgan fingerprint density at radius 2 is 1.18 bits per heavy atom. The van der Waals surface area contributed by atoms with Gasteiger partial charge in [0, 0.05) is 0 Å². The molecule has 0 aliphatic heterocycles. The Labute approximate surface area is 182 Å². The number of nitrogens with zero attached hydrogens (tertiary/aromatic N) is 2. The van der Waals surface area contributed by atoms with E-state index in [0.29, 0.717) is 0 Å². The molecule has 3 aromatic rings. The molecule has 0 atom stereocenters. The zero-order chi connectivity index (χ0) is 12.4. The molecule has 1 aromatic carbocycles. The molecule has 0 spiro atoms. The average molecular weight is 447 g/mol. The maximum Gasteiger partial charge on any atom is 2.00 e. The van der Waals surface area contributed by atoms with Gasteiger partial charge in [-0.3, -0.25) is 0 Å². The number of rotatable bonds is 3. The minimum atomic E-state index is -0.233. The molecule has 0 aliphatic carbocycles. The molecular formula is C15H11Br2FMg2N2. The maximum absolute atomic E-state index is 13.0. The Morgan fingerprint density at radius 1 is 0.727 bits per heavy atom. The summed E-state index contributed by atoms with van der Waals surface area (Å²) >= 11 is 0. The Morgan fingerprint density at radius 3 is 1.55 bits per heavy atom. The van der Waals surface area contributed by atoms with Crippen molar-refractivity contribution in [1.29, 1.82) is 0 Å². The molecular weight excluding hydrogens is 436 g/mol. The van der Waals surface area contributed by atoms with Gasteiger partial charge in [-0.05, 0) is 23.6 Å². The minimum absolute atomic E-state index is 0. The zero-order valence-corrected chi connectivity index (χ0v) is 17.8. The van der Waals surface area contributed by atoms with E-state index in [1.807, 2.05) is 24.3 Å². The Hall–Kier alpha value is 0.202. The van der Waals surface area contributed by atoms with Gasteiger partial charge in [-0.25, -0.2) is 4.39 Å². The Bertz CT molecular complexity index is 579. The van der Waals surface area contributed by atoms with Crippen LogP contribution < -0.4 is 43.9 Å². The molecule has 0 saturated carbocycles. The normalized spacial score (nSPS) is 9.00. The van der Waals surface area contributed by atoms with Gasteiger partial charge in [-0.2, -0.15) is 12.4 Å². The van der Waals surface area contributed by atoms with Gasteiger partial charge >= 0.3 is 46.1 Å². The fourth-order valence-corrected chi connectivity index (χ4v) is 2.12. The zero-order valence-electron chi connectivity index (χ0n) is 11.8. The van der Waals surface area contributed by atoms with Crippen molar-refractivity contribution in [3.8, 4) is 0 Å².